The molecule has 0 aromatic heterocycles. The zero-order valence-electron chi connectivity index (χ0n) is 10.2. The van der Waals surface area contributed by atoms with E-state index in [1.807, 2.05) is 0 Å². The van der Waals surface area contributed by atoms with Gasteiger partial charge in [0.05, 0.1) is 0 Å². The summed E-state index contributed by atoms with van der Waals surface area (Å²) in [5.41, 5.74) is 5.85. The van der Waals surface area contributed by atoms with E-state index in [4.69, 9.17) is 10.5 Å². The zero-order valence-corrected chi connectivity index (χ0v) is 10.2. The Hall–Kier alpha value is -0.120. The number of likely N-dealkylation sites (N-methyl/N-ethyl adjacent to an activating group) is 1. The second kappa shape index (κ2) is 7.20. The van der Waals surface area contributed by atoms with Crippen molar-refractivity contribution in [2.75, 3.05) is 26.8 Å². The highest BCUT2D eigenvalue weighted by molar-refractivity contribution is 4.79. The van der Waals surface area contributed by atoms with Crippen LogP contribution in [0, 0.1) is 0 Å². The van der Waals surface area contributed by atoms with Gasteiger partial charge >= 0.3 is 0 Å². The van der Waals surface area contributed by atoms with E-state index in [0.29, 0.717) is 12.1 Å². The van der Waals surface area contributed by atoms with Crippen molar-refractivity contribution < 1.29 is 4.74 Å². The average molecular weight is 214 g/mol. The predicted molar refractivity (Wildman–Crippen MR) is 64.0 cm³/mol. The molecule has 1 saturated heterocycles. The molecule has 3 nitrogen and oxygen atoms in total. The first kappa shape index (κ1) is 12.9. The molecule has 3 heteroatoms. The van der Waals surface area contributed by atoms with Gasteiger partial charge in [-0.3, -0.25) is 4.90 Å². The quantitative estimate of drug-likeness (QED) is 0.730. The fourth-order valence-electron chi connectivity index (χ4n) is 2.32. The molecule has 1 aliphatic rings. The minimum absolute atomic E-state index is 0.563. The molecule has 0 aromatic carbocycles. The van der Waals surface area contributed by atoms with Crippen molar-refractivity contribution in [3.63, 3.8) is 0 Å². The Morgan fingerprint density at radius 3 is 2.60 bits per heavy atom. The van der Waals surface area contributed by atoms with Gasteiger partial charge in [0.25, 0.3) is 0 Å². The molecule has 0 spiro atoms. The molecule has 1 heterocycles. The van der Waals surface area contributed by atoms with Crippen LogP contribution in [0.5, 0.6) is 0 Å². The lowest BCUT2D eigenvalue weighted by Crippen LogP contribution is -2.46. The van der Waals surface area contributed by atoms with Gasteiger partial charge < -0.3 is 10.5 Å². The van der Waals surface area contributed by atoms with Crippen LogP contribution in [-0.4, -0.2) is 43.8 Å². The number of nitrogens with zero attached hydrogens (tertiary/aromatic N) is 1. The molecule has 0 radical (unpaired) electrons. The first-order chi connectivity index (χ1) is 7.29. The second-order valence-corrected chi connectivity index (χ2v) is 4.54. The summed E-state index contributed by atoms with van der Waals surface area (Å²) >= 11 is 0. The van der Waals surface area contributed by atoms with Crippen molar-refractivity contribution in [3.05, 3.63) is 0 Å². The van der Waals surface area contributed by atoms with Crippen LogP contribution >= 0.6 is 0 Å². The third-order valence-electron chi connectivity index (χ3n) is 3.51. The number of hydrogen-bond donors (Lipinski definition) is 1. The first-order valence-electron chi connectivity index (χ1n) is 6.29. The maximum atomic E-state index is 5.85. The fourth-order valence-corrected chi connectivity index (χ4v) is 2.32. The Kier molecular flexibility index (Phi) is 6.22. The lowest BCUT2D eigenvalue weighted by molar-refractivity contribution is 0.0281. The van der Waals surface area contributed by atoms with Gasteiger partial charge in [-0.05, 0) is 26.3 Å². The number of rotatable bonds is 6. The number of hydrogen-bond acceptors (Lipinski definition) is 3. The average Bonchev–Trinajstić information content (AvgIpc) is 2.31. The van der Waals surface area contributed by atoms with E-state index < -0.39 is 0 Å². The number of nitrogens with two attached hydrogens (primary N) is 1. The van der Waals surface area contributed by atoms with E-state index in [1.165, 1.54) is 32.1 Å². The largest absolute Gasteiger partial charge is 0.381 e. The van der Waals surface area contributed by atoms with Crippen LogP contribution in [0.4, 0.5) is 0 Å². The highest BCUT2D eigenvalue weighted by Gasteiger charge is 2.23. The third-order valence-corrected chi connectivity index (χ3v) is 3.51. The van der Waals surface area contributed by atoms with E-state index in [1.54, 1.807) is 0 Å². The first-order valence-corrected chi connectivity index (χ1v) is 6.29. The van der Waals surface area contributed by atoms with Crippen LogP contribution in [0.25, 0.3) is 0 Å². The topological polar surface area (TPSA) is 38.5 Å². The van der Waals surface area contributed by atoms with Gasteiger partial charge in [0.2, 0.25) is 0 Å². The van der Waals surface area contributed by atoms with Crippen molar-refractivity contribution in [3.8, 4) is 0 Å². The van der Waals surface area contributed by atoms with E-state index in [0.717, 1.165) is 19.8 Å². The SMILES string of the molecule is CCCCC(CN)N(C)C1CCOCC1. The molecule has 90 valence electrons. The molecule has 0 aromatic rings. The smallest absolute Gasteiger partial charge is 0.0480 e. The van der Waals surface area contributed by atoms with Gasteiger partial charge in [0.1, 0.15) is 0 Å². The van der Waals surface area contributed by atoms with Gasteiger partial charge in [0.15, 0.2) is 0 Å². The summed E-state index contributed by atoms with van der Waals surface area (Å²) in [6.07, 6.45) is 6.12. The Bertz CT molecular complexity index is 158. The molecule has 0 amide bonds. The van der Waals surface area contributed by atoms with Crippen LogP contribution in [0.2, 0.25) is 0 Å². The fraction of sp³-hybridized carbons (Fsp3) is 1.00. The summed E-state index contributed by atoms with van der Waals surface area (Å²) in [5, 5.41) is 0. The van der Waals surface area contributed by atoms with Gasteiger partial charge in [-0.1, -0.05) is 19.8 Å². The molecule has 0 aliphatic carbocycles. The molecule has 1 rings (SSSR count). The van der Waals surface area contributed by atoms with Crippen molar-refractivity contribution in [2.45, 2.75) is 51.1 Å². The zero-order chi connectivity index (χ0) is 11.1. The molecule has 1 aliphatic heterocycles. The van der Waals surface area contributed by atoms with Crippen molar-refractivity contribution in [2.24, 2.45) is 5.73 Å². The van der Waals surface area contributed by atoms with Crippen molar-refractivity contribution >= 4 is 0 Å². The van der Waals surface area contributed by atoms with E-state index in [9.17, 15) is 0 Å². The summed E-state index contributed by atoms with van der Waals surface area (Å²) < 4.78 is 5.39. The Morgan fingerprint density at radius 2 is 2.07 bits per heavy atom. The van der Waals surface area contributed by atoms with Crippen molar-refractivity contribution in [1.29, 1.82) is 0 Å². The molecule has 0 saturated carbocycles. The summed E-state index contributed by atoms with van der Waals surface area (Å²) in [6.45, 7) is 4.86. The summed E-state index contributed by atoms with van der Waals surface area (Å²) in [5.74, 6) is 0. The van der Waals surface area contributed by atoms with Crippen LogP contribution < -0.4 is 5.73 Å². The summed E-state index contributed by atoms with van der Waals surface area (Å²) in [4.78, 5) is 2.48. The second-order valence-electron chi connectivity index (χ2n) is 4.54. The van der Waals surface area contributed by atoms with Crippen LogP contribution in [0.15, 0.2) is 0 Å². The molecular formula is C12H26N2O. The van der Waals surface area contributed by atoms with E-state index >= 15 is 0 Å². The van der Waals surface area contributed by atoms with Crippen LogP contribution in [0.3, 0.4) is 0 Å². The predicted octanol–water partition coefficient (Wildman–Crippen LogP) is 1.61. The molecule has 2 N–H and O–H groups in total. The number of unbranched alkanes of at least 4 members (excludes halogenated alkanes) is 1. The maximum Gasteiger partial charge on any atom is 0.0480 e. The van der Waals surface area contributed by atoms with Crippen molar-refractivity contribution in [1.82, 2.24) is 4.90 Å². The highest BCUT2D eigenvalue weighted by Crippen LogP contribution is 2.17. The van der Waals surface area contributed by atoms with Gasteiger partial charge in [-0.15, -0.1) is 0 Å². The van der Waals surface area contributed by atoms with E-state index in [-0.39, 0.29) is 0 Å². The summed E-state index contributed by atoms with van der Waals surface area (Å²) in [6, 6.07) is 1.25. The van der Waals surface area contributed by atoms with Gasteiger partial charge in [-0.2, -0.15) is 0 Å². The van der Waals surface area contributed by atoms with Gasteiger partial charge in [-0.25, -0.2) is 0 Å². The molecule has 0 bridgehead atoms. The van der Waals surface area contributed by atoms with Crippen LogP contribution in [0.1, 0.15) is 39.0 Å². The monoisotopic (exact) mass is 214 g/mol. The highest BCUT2D eigenvalue weighted by atomic mass is 16.5. The Morgan fingerprint density at radius 1 is 1.40 bits per heavy atom. The molecule has 15 heavy (non-hydrogen) atoms. The maximum absolute atomic E-state index is 5.85. The standard InChI is InChI=1S/C12H26N2O/c1-3-4-5-12(10-13)14(2)11-6-8-15-9-7-11/h11-12H,3-10,13H2,1-2H3. The van der Waals surface area contributed by atoms with Gasteiger partial charge in [0, 0.05) is 31.8 Å². The minimum atomic E-state index is 0.563. The normalized spacial score (nSPS) is 20.8. The molecule has 1 fully saturated rings. The molecule has 1 atom stereocenters. The lowest BCUT2D eigenvalue weighted by Gasteiger charge is -2.36. The van der Waals surface area contributed by atoms with Crippen LogP contribution in [-0.2, 0) is 4.74 Å². The Labute approximate surface area is 94.0 Å². The summed E-state index contributed by atoms with van der Waals surface area (Å²) in [7, 11) is 2.23. The lowest BCUT2D eigenvalue weighted by atomic mass is 10.0. The molecular weight excluding hydrogens is 188 g/mol. The van der Waals surface area contributed by atoms with E-state index in [2.05, 4.69) is 18.9 Å². The number of ether oxygens (including phenoxy) is 1. The minimum Gasteiger partial charge on any atom is -0.381 e. The molecule has 1 unspecified atom stereocenters. The third kappa shape index (κ3) is 4.09. The Balaban J connectivity index is 2.36.